The van der Waals surface area contributed by atoms with Crippen LogP contribution in [0.1, 0.15) is 5.69 Å². The molecular formula is C27H22N4O2S. The van der Waals surface area contributed by atoms with E-state index in [0.29, 0.717) is 6.54 Å². The van der Waals surface area contributed by atoms with E-state index < -0.39 is 10.0 Å². The largest absolute Gasteiger partial charge is 0.364 e. The molecular weight excluding hydrogens is 444 g/mol. The molecule has 0 aliphatic carbocycles. The molecule has 0 radical (unpaired) electrons. The van der Waals surface area contributed by atoms with Gasteiger partial charge in [-0.1, -0.05) is 66.7 Å². The van der Waals surface area contributed by atoms with Crippen LogP contribution in [-0.4, -0.2) is 18.4 Å². The number of primary sulfonamides is 1. The first-order valence-electron chi connectivity index (χ1n) is 10.7. The number of nitrogens with zero attached hydrogens (tertiary/aromatic N) is 2. The van der Waals surface area contributed by atoms with Gasteiger partial charge in [0, 0.05) is 23.3 Å². The molecule has 3 aromatic carbocycles. The summed E-state index contributed by atoms with van der Waals surface area (Å²) in [5, 5.41) is 10.7. The summed E-state index contributed by atoms with van der Waals surface area (Å²) in [5.74, 6) is 0.728. The van der Waals surface area contributed by atoms with Gasteiger partial charge in [-0.3, -0.25) is 4.98 Å². The van der Waals surface area contributed by atoms with Gasteiger partial charge in [-0.25, -0.2) is 18.5 Å². The fourth-order valence-electron chi connectivity index (χ4n) is 4.04. The third kappa shape index (κ3) is 4.39. The second-order valence-corrected chi connectivity index (χ2v) is 9.42. The highest BCUT2D eigenvalue weighted by molar-refractivity contribution is 7.89. The molecule has 7 heteroatoms. The number of sulfonamides is 1. The molecule has 6 nitrogen and oxygen atoms in total. The van der Waals surface area contributed by atoms with Gasteiger partial charge in [0.05, 0.1) is 17.1 Å². The van der Waals surface area contributed by atoms with Crippen molar-refractivity contribution in [2.45, 2.75) is 11.4 Å². The Morgan fingerprint density at radius 3 is 2.29 bits per heavy atom. The van der Waals surface area contributed by atoms with Crippen LogP contribution in [0, 0.1) is 0 Å². The molecule has 168 valence electrons. The molecule has 0 amide bonds. The first-order valence-corrected chi connectivity index (χ1v) is 12.3. The fourth-order valence-corrected chi connectivity index (χ4v) is 4.59. The van der Waals surface area contributed by atoms with E-state index in [9.17, 15) is 8.42 Å². The minimum absolute atomic E-state index is 0.0646. The third-order valence-corrected chi connectivity index (χ3v) is 6.55. The molecule has 3 N–H and O–H groups in total. The first-order chi connectivity index (χ1) is 16.5. The molecule has 0 aliphatic rings. The number of hydrogen-bond donors (Lipinski definition) is 2. The number of nitrogens with one attached hydrogen (secondary N) is 1. The topological polar surface area (TPSA) is 98.0 Å². The van der Waals surface area contributed by atoms with Crippen molar-refractivity contribution in [2.75, 3.05) is 5.32 Å². The van der Waals surface area contributed by atoms with Crippen molar-refractivity contribution < 1.29 is 8.42 Å². The standard InChI is InChI=1S/C27H22N4O2S/c28-34(32,33)22-12-6-10-20(16-22)25-18-31-27(30-17-21-11-4-5-15-29-21)26-23(13-7-14-24(25)26)19-8-2-1-3-9-19/h1-16,18H,17H2,(H,30,31)(H2,28,32,33). The van der Waals surface area contributed by atoms with E-state index in [1.807, 2.05) is 54.6 Å². The van der Waals surface area contributed by atoms with Crippen LogP contribution in [0.5, 0.6) is 0 Å². The summed E-state index contributed by atoms with van der Waals surface area (Å²) in [6.07, 6.45) is 3.53. The smallest absolute Gasteiger partial charge is 0.238 e. The molecule has 0 unspecified atom stereocenters. The van der Waals surface area contributed by atoms with E-state index in [1.54, 1.807) is 24.5 Å². The SMILES string of the molecule is NS(=O)(=O)c1cccc(-c2cnc(NCc3ccccn3)c3c(-c4ccccc4)cccc23)c1. The van der Waals surface area contributed by atoms with E-state index in [0.717, 1.165) is 44.5 Å². The summed E-state index contributed by atoms with van der Waals surface area (Å²) >= 11 is 0. The van der Waals surface area contributed by atoms with Crippen LogP contribution < -0.4 is 10.5 Å². The average Bonchev–Trinajstić information content (AvgIpc) is 2.87. The van der Waals surface area contributed by atoms with Gasteiger partial charge in [-0.2, -0.15) is 0 Å². The summed E-state index contributed by atoms with van der Waals surface area (Å²) < 4.78 is 23.9. The lowest BCUT2D eigenvalue weighted by atomic mass is 9.94. The molecule has 2 aromatic heterocycles. The Morgan fingerprint density at radius 1 is 0.765 bits per heavy atom. The van der Waals surface area contributed by atoms with Crippen molar-refractivity contribution in [1.29, 1.82) is 0 Å². The molecule has 0 saturated carbocycles. The maximum absolute atomic E-state index is 11.9. The summed E-state index contributed by atoms with van der Waals surface area (Å²) in [7, 11) is -3.82. The lowest BCUT2D eigenvalue weighted by Crippen LogP contribution is -2.12. The highest BCUT2D eigenvalue weighted by Gasteiger charge is 2.16. The van der Waals surface area contributed by atoms with E-state index >= 15 is 0 Å². The van der Waals surface area contributed by atoms with E-state index in [2.05, 4.69) is 28.5 Å². The number of anilines is 1. The maximum Gasteiger partial charge on any atom is 0.238 e. The Kier molecular flexibility index (Phi) is 5.79. The summed E-state index contributed by atoms with van der Waals surface area (Å²) in [6.45, 7) is 0.520. The summed E-state index contributed by atoms with van der Waals surface area (Å²) in [6, 6.07) is 28.6. The van der Waals surface area contributed by atoms with Crippen molar-refractivity contribution in [3.05, 3.63) is 109 Å². The van der Waals surface area contributed by atoms with Gasteiger partial charge in [0.2, 0.25) is 10.0 Å². The van der Waals surface area contributed by atoms with Crippen LogP contribution in [0.25, 0.3) is 33.0 Å². The maximum atomic E-state index is 11.9. The Bertz CT molecular complexity index is 1570. The zero-order chi connectivity index (χ0) is 23.5. The number of fused-ring (bicyclic) bond motifs is 1. The van der Waals surface area contributed by atoms with Crippen LogP contribution in [-0.2, 0) is 16.6 Å². The zero-order valence-corrected chi connectivity index (χ0v) is 19.0. The predicted molar refractivity (Wildman–Crippen MR) is 136 cm³/mol. The Balaban J connectivity index is 1.71. The molecule has 0 atom stereocenters. The van der Waals surface area contributed by atoms with Crippen LogP contribution in [0.4, 0.5) is 5.82 Å². The van der Waals surface area contributed by atoms with Gasteiger partial charge in [-0.05, 0) is 46.3 Å². The molecule has 5 rings (SSSR count). The molecule has 0 bridgehead atoms. The van der Waals surface area contributed by atoms with Crippen molar-refractivity contribution >= 4 is 26.6 Å². The summed E-state index contributed by atoms with van der Waals surface area (Å²) in [4.78, 5) is 9.21. The molecule has 0 aliphatic heterocycles. The van der Waals surface area contributed by atoms with Crippen LogP contribution in [0.3, 0.4) is 0 Å². The van der Waals surface area contributed by atoms with Crippen molar-refractivity contribution in [2.24, 2.45) is 5.14 Å². The average molecular weight is 467 g/mol. The molecule has 0 saturated heterocycles. The van der Waals surface area contributed by atoms with Gasteiger partial charge in [0.15, 0.2) is 0 Å². The minimum Gasteiger partial charge on any atom is -0.364 e. The second-order valence-electron chi connectivity index (χ2n) is 7.86. The first kappa shape index (κ1) is 21.8. The molecule has 2 heterocycles. The van der Waals surface area contributed by atoms with Gasteiger partial charge < -0.3 is 5.32 Å². The number of aromatic nitrogens is 2. The van der Waals surface area contributed by atoms with E-state index in [4.69, 9.17) is 10.1 Å². The fraction of sp³-hybridized carbons (Fsp3) is 0.0370. The summed E-state index contributed by atoms with van der Waals surface area (Å²) in [5.41, 5.74) is 4.54. The molecule has 34 heavy (non-hydrogen) atoms. The van der Waals surface area contributed by atoms with Crippen LogP contribution in [0.15, 0.2) is 108 Å². The number of rotatable bonds is 6. The molecule has 5 aromatic rings. The Labute approximate surface area is 198 Å². The van der Waals surface area contributed by atoms with Gasteiger partial charge in [0.25, 0.3) is 0 Å². The van der Waals surface area contributed by atoms with Crippen molar-refractivity contribution in [3.8, 4) is 22.3 Å². The quantitative estimate of drug-likeness (QED) is 0.357. The number of pyridine rings is 2. The molecule has 0 fully saturated rings. The van der Waals surface area contributed by atoms with Gasteiger partial charge in [-0.15, -0.1) is 0 Å². The van der Waals surface area contributed by atoms with E-state index in [1.165, 1.54) is 6.07 Å². The zero-order valence-electron chi connectivity index (χ0n) is 18.2. The van der Waals surface area contributed by atoms with Crippen LogP contribution >= 0.6 is 0 Å². The van der Waals surface area contributed by atoms with Gasteiger partial charge in [0.1, 0.15) is 5.82 Å². The predicted octanol–water partition coefficient (Wildman–Crippen LogP) is 5.22. The monoisotopic (exact) mass is 466 g/mol. The highest BCUT2D eigenvalue weighted by atomic mass is 32.2. The molecule has 0 spiro atoms. The van der Waals surface area contributed by atoms with Crippen molar-refractivity contribution in [1.82, 2.24) is 9.97 Å². The second kappa shape index (κ2) is 9.05. The number of hydrogen-bond acceptors (Lipinski definition) is 5. The number of nitrogens with two attached hydrogens (primary N) is 1. The van der Waals surface area contributed by atoms with Crippen LogP contribution in [0.2, 0.25) is 0 Å². The van der Waals surface area contributed by atoms with E-state index in [-0.39, 0.29) is 4.90 Å². The Hall–Kier alpha value is -4.07. The lowest BCUT2D eigenvalue weighted by Gasteiger charge is -2.16. The minimum atomic E-state index is -3.82. The normalized spacial score (nSPS) is 11.4. The van der Waals surface area contributed by atoms with Gasteiger partial charge >= 0.3 is 0 Å². The third-order valence-electron chi connectivity index (χ3n) is 5.64. The Morgan fingerprint density at radius 2 is 1.53 bits per heavy atom. The van der Waals surface area contributed by atoms with Crippen molar-refractivity contribution in [3.63, 3.8) is 0 Å². The number of benzene rings is 3. The highest BCUT2D eigenvalue weighted by Crippen LogP contribution is 2.38. The lowest BCUT2D eigenvalue weighted by molar-refractivity contribution is 0.598.